The highest BCUT2D eigenvalue weighted by Gasteiger charge is 2.38. The lowest BCUT2D eigenvalue weighted by atomic mass is 10.1. The molecule has 1 saturated heterocycles. The number of aromatic nitrogens is 2. The number of rotatable bonds is 5. The Hall–Kier alpha value is -2.12. The van der Waals surface area contributed by atoms with Gasteiger partial charge in [0.1, 0.15) is 11.9 Å². The van der Waals surface area contributed by atoms with Crippen LogP contribution in [0.3, 0.4) is 0 Å². The molecule has 2 heterocycles. The molecular weight excluding hydrogens is 399 g/mol. The average molecular weight is 419 g/mol. The molecule has 1 aliphatic heterocycles. The van der Waals surface area contributed by atoms with Crippen LogP contribution in [0, 0.1) is 0 Å². The van der Waals surface area contributed by atoms with Crippen molar-refractivity contribution in [3.63, 3.8) is 0 Å². The minimum atomic E-state index is -0.721. The summed E-state index contributed by atoms with van der Waals surface area (Å²) in [5, 5.41) is 14.4. The second kappa shape index (κ2) is 8.09. The maximum atomic E-state index is 12.8. The van der Waals surface area contributed by atoms with Gasteiger partial charge in [-0.05, 0) is 36.2 Å². The van der Waals surface area contributed by atoms with Crippen LogP contribution in [-0.4, -0.2) is 44.6 Å². The summed E-state index contributed by atoms with van der Waals surface area (Å²) in [7, 11) is 0. The van der Waals surface area contributed by atoms with E-state index in [1.54, 1.807) is 12.1 Å². The molecular formula is C20H20Cl2N4O2. The highest BCUT2D eigenvalue weighted by Crippen LogP contribution is 2.26. The first-order valence-electron chi connectivity index (χ1n) is 9.08. The van der Waals surface area contributed by atoms with E-state index in [0.717, 1.165) is 16.6 Å². The Morgan fingerprint density at radius 3 is 2.89 bits per heavy atom. The zero-order chi connectivity index (χ0) is 19.7. The van der Waals surface area contributed by atoms with E-state index in [-0.39, 0.29) is 12.5 Å². The van der Waals surface area contributed by atoms with Gasteiger partial charge in [0, 0.05) is 23.1 Å². The molecule has 8 heteroatoms. The summed E-state index contributed by atoms with van der Waals surface area (Å²) in [5.74, 6) is 0.449. The Morgan fingerprint density at radius 1 is 1.29 bits per heavy atom. The molecule has 1 aromatic heterocycles. The van der Waals surface area contributed by atoms with Crippen LogP contribution in [0.5, 0.6) is 0 Å². The Morgan fingerprint density at radius 2 is 2.11 bits per heavy atom. The quantitative estimate of drug-likeness (QED) is 0.594. The van der Waals surface area contributed by atoms with Gasteiger partial charge < -0.3 is 15.4 Å². The number of likely N-dealkylation sites (tertiary alicyclic amines) is 1. The molecule has 3 N–H and O–H groups in total. The largest absolute Gasteiger partial charge is 0.391 e. The summed E-state index contributed by atoms with van der Waals surface area (Å²) in [6, 6.07) is 12.4. The lowest BCUT2D eigenvalue weighted by Gasteiger charge is -2.25. The van der Waals surface area contributed by atoms with Crippen molar-refractivity contribution >= 4 is 40.1 Å². The Kier molecular flexibility index (Phi) is 5.55. The number of aliphatic hydroxyl groups excluding tert-OH is 1. The lowest BCUT2D eigenvalue weighted by Crippen LogP contribution is -2.47. The number of imidazole rings is 1. The van der Waals surface area contributed by atoms with E-state index in [9.17, 15) is 9.90 Å². The molecule has 0 saturated carbocycles. The molecule has 0 aliphatic carbocycles. The van der Waals surface area contributed by atoms with Crippen molar-refractivity contribution in [2.24, 2.45) is 0 Å². The van der Waals surface area contributed by atoms with Gasteiger partial charge in [-0.25, -0.2) is 4.98 Å². The molecule has 2 aromatic carbocycles. The summed E-state index contributed by atoms with van der Waals surface area (Å²) >= 11 is 12.2. The number of halogens is 2. The fourth-order valence-electron chi connectivity index (χ4n) is 3.59. The van der Waals surface area contributed by atoms with E-state index in [4.69, 9.17) is 23.2 Å². The zero-order valence-corrected chi connectivity index (χ0v) is 16.5. The van der Waals surface area contributed by atoms with Gasteiger partial charge in [-0.3, -0.25) is 9.69 Å². The molecule has 1 aliphatic rings. The number of nitrogens with zero attached hydrogens (tertiary/aromatic N) is 2. The van der Waals surface area contributed by atoms with Gasteiger partial charge in [-0.1, -0.05) is 41.4 Å². The third kappa shape index (κ3) is 4.00. The smallest absolute Gasteiger partial charge is 0.240 e. The molecule has 0 spiro atoms. The number of nitrogens with one attached hydrogen (secondary N) is 2. The van der Waals surface area contributed by atoms with Crippen LogP contribution >= 0.6 is 23.2 Å². The van der Waals surface area contributed by atoms with E-state index in [1.807, 2.05) is 35.2 Å². The minimum Gasteiger partial charge on any atom is -0.391 e. The van der Waals surface area contributed by atoms with Gasteiger partial charge in [0.05, 0.1) is 23.7 Å². The predicted molar refractivity (Wildman–Crippen MR) is 109 cm³/mol. The number of hydrogen-bond donors (Lipinski definition) is 3. The zero-order valence-electron chi connectivity index (χ0n) is 15.0. The molecule has 2 atom stereocenters. The van der Waals surface area contributed by atoms with E-state index >= 15 is 0 Å². The Labute approximate surface area is 172 Å². The Bertz CT molecular complexity index is 974. The summed E-state index contributed by atoms with van der Waals surface area (Å²) in [5.41, 5.74) is 2.65. The van der Waals surface area contributed by atoms with Crippen molar-refractivity contribution in [3.05, 3.63) is 63.9 Å². The monoisotopic (exact) mass is 418 g/mol. The maximum Gasteiger partial charge on any atom is 0.240 e. The van der Waals surface area contributed by atoms with E-state index in [2.05, 4.69) is 15.3 Å². The van der Waals surface area contributed by atoms with Crippen LogP contribution in [0.1, 0.15) is 17.8 Å². The van der Waals surface area contributed by atoms with Gasteiger partial charge >= 0.3 is 0 Å². The summed E-state index contributed by atoms with van der Waals surface area (Å²) in [6.07, 6.45) is -0.185. The number of aliphatic hydroxyl groups is 1. The van der Waals surface area contributed by atoms with Gasteiger partial charge in [0.15, 0.2) is 0 Å². The average Bonchev–Trinajstić information content (AvgIpc) is 3.25. The van der Waals surface area contributed by atoms with Crippen molar-refractivity contribution in [2.75, 3.05) is 6.54 Å². The summed E-state index contributed by atoms with van der Waals surface area (Å²) in [6.45, 7) is 1.35. The van der Waals surface area contributed by atoms with Gasteiger partial charge in [0.2, 0.25) is 5.91 Å². The molecule has 6 nitrogen and oxygen atoms in total. The normalized spacial score (nSPS) is 20.0. The highest BCUT2D eigenvalue weighted by atomic mass is 35.5. The number of carbonyl (C=O) groups excluding carboxylic acids is 1. The SMILES string of the molecule is O=C(NCc1nc2ccccc2[nH]1)C1C(O)CCN1Cc1ccc(Cl)cc1Cl. The van der Waals surface area contributed by atoms with Crippen LogP contribution in [0.4, 0.5) is 0 Å². The molecule has 0 radical (unpaired) electrons. The van der Waals surface area contributed by atoms with Crippen molar-refractivity contribution in [2.45, 2.75) is 31.7 Å². The fourth-order valence-corrected chi connectivity index (χ4v) is 4.06. The molecule has 4 rings (SSSR count). The van der Waals surface area contributed by atoms with Gasteiger partial charge in [-0.2, -0.15) is 0 Å². The summed E-state index contributed by atoms with van der Waals surface area (Å²) in [4.78, 5) is 22.4. The lowest BCUT2D eigenvalue weighted by molar-refractivity contribution is -0.128. The minimum absolute atomic E-state index is 0.226. The molecule has 0 bridgehead atoms. The number of amides is 1. The van der Waals surface area contributed by atoms with Crippen LogP contribution < -0.4 is 5.32 Å². The van der Waals surface area contributed by atoms with Crippen LogP contribution in [-0.2, 0) is 17.9 Å². The molecule has 1 amide bonds. The number of fused-ring (bicyclic) bond motifs is 1. The second-order valence-corrected chi connectivity index (χ2v) is 7.77. The van der Waals surface area contributed by atoms with E-state index in [0.29, 0.717) is 35.4 Å². The van der Waals surface area contributed by atoms with Crippen LogP contribution in [0.25, 0.3) is 11.0 Å². The third-order valence-corrected chi connectivity index (χ3v) is 5.58. The van der Waals surface area contributed by atoms with Crippen LogP contribution in [0.2, 0.25) is 10.0 Å². The van der Waals surface area contributed by atoms with E-state index < -0.39 is 12.1 Å². The number of carbonyl (C=O) groups is 1. The van der Waals surface area contributed by atoms with Crippen molar-refractivity contribution < 1.29 is 9.90 Å². The second-order valence-electron chi connectivity index (χ2n) is 6.93. The van der Waals surface area contributed by atoms with Crippen LogP contribution in [0.15, 0.2) is 42.5 Å². The molecule has 1 fully saturated rings. The molecule has 28 heavy (non-hydrogen) atoms. The van der Waals surface area contributed by atoms with Crippen molar-refractivity contribution in [1.29, 1.82) is 0 Å². The first-order valence-corrected chi connectivity index (χ1v) is 9.84. The molecule has 146 valence electrons. The van der Waals surface area contributed by atoms with Crippen molar-refractivity contribution in [3.8, 4) is 0 Å². The number of para-hydroxylation sites is 2. The number of aromatic amines is 1. The third-order valence-electron chi connectivity index (χ3n) is 5.00. The van der Waals surface area contributed by atoms with Gasteiger partial charge in [0.25, 0.3) is 0 Å². The number of H-pyrrole nitrogens is 1. The standard InChI is InChI=1S/C20H20Cl2N4O2/c21-13-6-5-12(14(22)9-13)11-26-8-7-17(27)19(26)20(28)23-10-18-24-15-3-1-2-4-16(15)25-18/h1-6,9,17,19,27H,7-8,10-11H2,(H,23,28)(H,24,25). The topological polar surface area (TPSA) is 81.2 Å². The first-order chi connectivity index (χ1) is 13.5. The molecule has 3 aromatic rings. The fraction of sp³-hybridized carbons (Fsp3) is 0.300. The van der Waals surface area contributed by atoms with E-state index in [1.165, 1.54) is 0 Å². The Balaban J connectivity index is 1.43. The molecule has 2 unspecified atom stereocenters. The number of hydrogen-bond acceptors (Lipinski definition) is 4. The first kappa shape index (κ1) is 19.2. The highest BCUT2D eigenvalue weighted by molar-refractivity contribution is 6.35. The van der Waals surface area contributed by atoms with Crippen molar-refractivity contribution in [1.82, 2.24) is 20.2 Å². The summed E-state index contributed by atoms with van der Waals surface area (Å²) < 4.78 is 0. The van der Waals surface area contributed by atoms with Gasteiger partial charge in [-0.15, -0.1) is 0 Å². The maximum absolute atomic E-state index is 12.8. The number of benzene rings is 2. The predicted octanol–water partition coefficient (Wildman–Crippen LogP) is 3.12.